The molecule has 1 fully saturated rings. The third kappa shape index (κ3) is 4.75. The van der Waals surface area contributed by atoms with Crippen molar-refractivity contribution >= 4 is 24.0 Å². The average Bonchev–Trinajstić information content (AvgIpc) is 3.07. The van der Waals surface area contributed by atoms with Gasteiger partial charge in [-0.15, -0.1) is 0 Å². The Morgan fingerprint density at radius 3 is 2.59 bits per heavy atom. The molecule has 0 unspecified atom stereocenters. The highest BCUT2D eigenvalue weighted by Gasteiger charge is 2.57. The van der Waals surface area contributed by atoms with E-state index in [4.69, 9.17) is 0 Å². The summed E-state index contributed by atoms with van der Waals surface area (Å²) in [6.45, 7) is 0.743. The third-order valence-corrected chi connectivity index (χ3v) is 6.48. The van der Waals surface area contributed by atoms with Crippen LogP contribution < -0.4 is 0 Å². The average molecular weight is 477 g/mol. The normalized spacial score (nSPS) is 23.9. The lowest BCUT2D eigenvalue weighted by molar-refractivity contribution is -0.137. The van der Waals surface area contributed by atoms with Crippen molar-refractivity contribution in [3.63, 3.8) is 0 Å². The first kappa shape index (κ1) is 25.5. The molecule has 4 atom stereocenters. The van der Waals surface area contributed by atoms with E-state index in [1.165, 1.54) is 12.1 Å². The standard InChI is InChI=1S/C24H28FNO8/c1-12(7-13-4-6-18(29)17(25)8-13)3-5-19(30)20-14(10-27)9-15-21(16(20)11-28)23(32)26(22(15)31)24(33)34-2/h4,6-8,15-16,19,21,27-30H,3,5,9-11H2,1-2H3/b12-7+/t15-,16+,19-,21-/m1/s1. The molecular formula is C24H28FNO8. The zero-order chi connectivity index (χ0) is 25.2. The summed E-state index contributed by atoms with van der Waals surface area (Å²) in [5.74, 6) is -5.69. The molecule has 0 aromatic heterocycles. The molecular weight excluding hydrogens is 449 g/mol. The molecule has 184 valence electrons. The van der Waals surface area contributed by atoms with Crippen LogP contribution in [0, 0.1) is 23.6 Å². The van der Waals surface area contributed by atoms with Crippen LogP contribution >= 0.6 is 0 Å². The Morgan fingerprint density at radius 1 is 1.29 bits per heavy atom. The van der Waals surface area contributed by atoms with Crippen molar-refractivity contribution in [2.45, 2.75) is 32.3 Å². The predicted octanol–water partition coefficient (Wildman–Crippen LogP) is 1.74. The number of aromatic hydroxyl groups is 1. The number of ether oxygens (including phenoxy) is 1. The summed E-state index contributed by atoms with van der Waals surface area (Å²) in [6, 6.07) is 3.97. The maximum atomic E-state index is 13.6. The Hall–Kier alpha value is -3.08. The van der Waals surface area contributed by atoms with Crippen molar-refractivity contribution in [1.82, 2.24) is 4.90 Å². The minimum atomic E-state index is -1.13. The Balaban J connectivity index is 1.81. The number of imide groups is 3. The first-order valence-electron chi connectivity index (χ1n) is 10.9. The Labute approximate surface area is 195 Å². The van der Waals surface area contributed by atoms with Crippen molar-refractivity contribution in [3.8, 4) is 5.75 Å². The highest BCUT2D eigenvalue weighted by atomic mass is 19.1. The number of aliphatic hydroxyl groups excluding tert-OH is 3. The van der Waals surface area contributed by atoms with Crippen LogP contribution in [0.3, 0.4) is 0 Å². The number of allylic oxidation sites excluding steroid dienone is 1. The minimum absolute atomic E-state index is 0.0241. The summed E-state index contributed by atoms with van der Waals surface area (Å²) in [7, 11) is 1.05. The SMILES string of the molecule is COC(=O)N1C(=O)[C@@H]2[C@@H](CC(CO)=C([C@H](O)CC/C(C)=C/c3ccc(O)c(F)c3)[C@@H]2CO)C1=O. The van der Waals surface area contributed by atoms with Crippen LogP contribution in [0.5, 0.6) is 5.75 Å². The molecule has 1 aromatic rings. The largest absolute Gasteiger partial charge is 0.505 e. The summed E-state index contributed by atoms with van der Waals surface area (Å²) in [4.78, 5) is 37.9. The van der Waals surface area contributed by atoms with E-state index >= 15 is 0 Å². The van der Waals surface area contributed by atoms with E-state index in [0.29, 0.717) is 28.0 Å². The number of benzene rings is 1. The molecule has 9 nitrogen and oxygen atoms in total. The van der Waals surface area contributed by atoms with Gasteiger partial charge >= 0.3 is 6.09 Å². The molecule has 1 aliphatic carbocycles. The fourth-order valence-electron chi connectivity index (χ4n) is 4.87. The van der Waals surface area contributed by atoms with Crippen LogP contribution in [-0.2, 0) is 14.3 Å². The smallest absolute Gasteiger partial charge is 0.423 e. The summed E-state index contributed by atoms with van der Waals surface area (Å²) in [5.41, 5.74) is 1.98. The van der Waals surface area contributed by atoms with Crippen molar-refractivity contribution in [1.29, 1.82) is 0 Å². The van der Waals surface area contributed by atoms with Gasteiger partial charge in [-0.25, -0.2) is 9.18 Å². The van der Waals surface area contributed by atoms with Gasteiger partial charge in [0.2, 0.25) is 11.8 Å². The summed E-state index contributed by atoms with van der Waals surface area (Å²) in [6.07, 6.45) is -0.0123. The number of likely N-dealkylation sites (tertiary alicyclic amines) is 1. The van der Waals surface area contributed by atoms with Crippen molar-refractivity contribution in [2.75, 3.05) is 20.3 Å². The fourth-order valence-corrected chi connectivity index (χ4v) is 4.87. The molecule has 4 N–H and O–H groups in total. The molecule has 0 saturated carbocycles. The number of hydrogen-bond acceptors (Lipinski definition) is 8. The van der Waals surface area contributed by atoms with Gasteiger partial charge in [0, 0.05) is 5.92 Å². The molecule has 1 aromatic carbocycles. The molecule has 1 aliphatic heterocycles. The van der Waals surface area contributed by atoms with Crippen molar-refractivity contribution < 1.29 is 43.9 Å². The zero-order valence-corrected chi connectivity index (χ0v) is 18.9. The lowest BCUT2D eigenvalue weighted by Gasteiger charge is -2.36. The molecule has 3 amide bonds. The topological polar surface area (TPSA) is 145 Å². The van der Waals surface area contributed by atoms with Gasteiger partial charge in [0.15, 0.2) is 11.6 Å². The van der Waals surface area contributed by atoms with Crippen molar-refractivity contribution in [3.05, 3.63) is 46.3 Å². The Bertz CT molecular complexity index is 1050. The molecule has 10 heteroatoms. The van der Waals surface area contributed by atoms with E-state index in [0.717, 1.165) is 12.7 Å². The second-order valence-electron chi connectivity index (χ2n) is 8.58. The number of rotatable bonds is 7. The van der Waals surface area contributed by atoms with Gasteiger partial charge in [-0.05, 0) is 55.0 Å². The van der Waals surface area contributed by atoms with Crippen molar-refractivity contribution in [2.24, 2.45) is 17.8 Å². The van der Waals surface area contributed by atoms with E-state index < -0.39 is 66.5 Å². The van der Waals surface area contributed by atoms with Gasteiger partial charge in [-0.2, -0.15) is 4.90 Å². The number of methoxy groups -OCH3 is 1. The quantitative estimate of drug-likeness (QED) is 0.343. The number of phenols is 1. The molecule has 0 spiro atoms. The van der Waals surface area contributed by atoms with Crippen LogP contribution in [0.4, 0.5) is 9.18 Å². The number of halogens is 1. The fraction of sp³-hybridized carbons (Fsp3) is 0.458. The number of aliphatic hydroxyl groups is 3. The zero-order valence-electron chi connectivity index (χ0n) is 18.9. The predicted molar refractivity (Wildman–Crippen MR) is 117 cm³/mol. The van der Waals surface area contributed by atoms with Gasteiger partial charge in [0.1, 0.15) is 0 Å². The van der Waals surface area contributed by atoms with Gasteiger partial charge < -0.3 is 25.2 Å². The number of phenolic OH excluding ortho intramolecular Hbond substituents is 1. The van der Waals surface area contributed by atoms with E-state index in [1.807, 2.05) is 0 Å². The minimum Gasteiger partial charge on any atom is -0.505 e. The number of nitrogens with zero attached hydrogens (tertiary/aromatic N) is 1. The lowest BCUT2D eigenvalue weighted by atomic mass is 9.68. The maximum Gasteiger partial charge on any atom is 0.423 e. The van der Waals surface area contributed by atoms with E-state index in [2.05, 4.69) is 4.74 Å². The van der Waals surface area contributed by atoms with E-state index in [1.54, 1.807) is 19.1 Å². The van der Waals surface area contributed by atoms with Crippen LogP contribution in [0.15, 0.2) is 34.9 Å². The van der Waals surface area contributed by atoms with E-state index in [9.17, 15) is 39.2 Å². The second kappa shape index (κ2) is 10.5. The van der Waals surface area contributed by atoms with Gasteiger partial charge in [-0.1, -0.05) is 17.7 Å². The van der Waals surface area contributed by atoms with Crippen LogP contribution in [0.25, 0.3) is 6.08 Å². The first-order chi connectivity index (χ1) is 16.1. The second-order valence-corrected chi connectivity index (χ2v) is 8.58. The van der Waals surface area contributed by atoms with Crippen LogP contribution in [0.2, 0.25) is 0 Å². The summed E-state index contributed by atoms with van der Waals surface area (Å²) in [5, 5.41) is 40.3. The molecule has 0 bridgehead atoms. The molecule has 0 radical (unpaired) electrons. The maximum absolute atomic E-state index is 13.6. The number of fused-ring (bicyclic) bond motifs is 1. The highest BCUT2D eigenvalue weighted by Crippen LogP contribution is 2.46. The molecule has 3 rings (SSSR count). The van der Waals surface area contributed by atoms with Gasteiger partial charge in [0.05, 0.1) is 38.3 Å². The van der Waals surface area contributed by atoms with Crippen LogP contribution in [-0.4, -0.2) is 69.7 Å². The Morgan fingerprint density at radius 2 is 2.00 bits per heavy atom. The molecule has 34 heavy (non-hydrogen) atoms. The number of hydrogen-bond donors (Lipinski definition) is 4. The van der Waals surface area contributed by atoms with Crippen LogP contribution in [0.1, 0.15) is 31.7 Å². The first-order valence-corrected chi connectivity index (χ1v) is 10.9. The molecule has 2 aliphatic rings. The molecule has 1 saturated heterocycles. The highest BCUT2D eigenvalue weighted by molar-refractivity contribution is 6.15. The number of carbonyl (C=O) groups is 3. The van der Waals surface area contributed by atoms with Gasteiger partial charge in [-0.3, -0.25) is 9.59 Å². The van der Waals surface area contributed by atoms with Gasteiger partial charge in [0.25, 0.3) is 0 Å². The van der Waals surface area contributed by atoms with E-state index in [-0.39, 0.29) is 12.8 Å². The lowest BCUT2D eigenvalue weighted by Crippen LogP contribution is -2.40. The summed E-state index contributed by atoms with van der Waals surface area (Å²) >= 11 is 0. The number of amides is 3. The third-order valence-electron chi connectivity index (χ3n) is 6.48. The summed E-state index contributed by atoms with van der Waals surface area (Å²) < 4.78 is 18.1. The number of carbonyl (C=O) groups excluding carboxylic acids is 3. The molecule has 1 heterocycles. The monoisotopic (exact) mass is 477 g/mol. The Kier molecular flexibility index (Phi) is 7.86.